The third-order valence-corrected chi connectivity index (χ3v) is 3.64. The van der Waals surface area contributed by atoms with Crippen molar-refractivity contribution in [2.24, 2.45) is 5.84 Å². The number of nitrogens with two attached hydrogens (primary N) is 2. The number of hydrazine groups is 1. The summed E-state index contributed by atoms with van der Waals surface area (Å²) in [5.74, 6) is 6.20. The van der Waals surface area contributed by atoms with Gasteiger partial charge in [-0.3, -0.25) is 10.1 Å². The zero-order valence-electron chi connectivity index (χ0n) is 13.4. The summed E-state index contributed by atoms with van der Waals surface area (Å²) in [5, 5.41) is 12.0. The topological polar surface area (TPSA) is 142 Å². The second kappa shape index (κ2) is 6.57. The average Bonchev–Trinajstić information content (AvgIpc) is 2.61. The van der Waals surface area contributed by atoms with E-state index in [0.29, 0.717) is 28.9 Å². The number of nitrogen functional groups attached to an aromatic ring is 2. The molecule has 0 spiro atoms. The van der Waals surface area contributed by atoms with Crippen molar-refractivity contribution in [3.63, 3.8) is 0 Å². The molecular weight excluding hydrogens is 324 g/mol. The molecule has 25 heavy (non-hydrogen) atoms. The number of hydrogen-bond acceptors (Lipinski definition) is 8. The van der Waals surface area contributed by atoms with Crippen LogP contribution < -0.4 is 21.7 Å². The summed E-state index contributed by atoms with van der Waals surface area (Å²) >= 11 is 0. The highest BCUT2D eigenvalue weighted by Gasteiger charge is 2.17. The lowest BCUT2D eigenvalue weighted by atomic mass is 10.0. The van der Waals surface area contributed by atoms with Crippen molar-refractivity contribution in [1.29, 1.82) is 0 Å². The van der Waals surface area contributed by atoms with Gasteiger partial charge in [0.05, 0.1) is 17.0 Å². The zero-order chi connectivity index (χ0) is 18.0. The quantitative estimate of drug-likeness (QED) is 0.365. The van der Waals surface area contributed by atoms with Crippen molar-refractivity contribution >= 4 is 28.4 Å². The maximum Gasteiger partial charge on any atom is 0.311 e. The molecule has 3 aromatic rings. The molecule has 2 aromatic carbocycles. The monoisotopic (exact) mass is 340 g/mol. The number of nitro groups is 1. The van der Waals surface area contributed by atoms with Crippen molar-refractivity contribution in [2.45, 2.75) is 6.92 Å². The molecule has 0 aliphatic rings. The van der Waals surface area contributed by atoms with Crippen LogP contribution in [0.2, 0.25) is 0 Å². The normalized spacial score (nSPS) is 10.6. The average molecular weight is 340 g/mol. The van der Waals surface area contributed by atoms with Crippen molar-refractivity contribution < 1.29 is 9.66 Å². The van der Waals surface area contributed by atoms with Crippen molar-refractivity contribution in [1.82, 2.24) is 9.97 Å². The second-order valence-electron chi connectivity index (χ2n) is 5.18. The molecule has 0 aliphatic carbocycles. The predicted molar refractivity (Wildman–Crippen MR) is 95.0 cm³/mol. The molecule has 0 bridgehead atoms. The predicted octanol–water partition coefficient (Wildman–Crippen LogP) is 2.47. The summed E-state index contributed by atoms with van der Waals surface area (Å²) in [4.78, 5) is 19.0. The minimum Gasteiger partial charge on any atom is -0.487 e. The fourth-order valence-electron chi connectivity index (χ4n) is 2.55. The Kier molecular flexibility index (Phi) is 4.31. The zero-order valence-corrected chi connectivity index (χ0v) is 13.4. The Morgan fingerprint density at radius 3 is 2.60 bits per heavy atom. The van der Waals surface area contributed by atoms with Crippen LogP contribution in [0.5, 0.6) is 5.75 Å². The van der Waals surface area contributed by atoms with E-state index in [4.69, 9.17) is 16.3 Å². The molecule has 0 saturated heterocycles. The smallest absolute Gasteiger partial charge is 0.311 e. The summed E-state index contributed by atoms with van der Waals surface area (Å²) < 4.78 is 5.31. The van der Waals surface area contributed by atoms with E-state index in [-0.39, 0.29) is 17.4 Å². The summed E-state index contributed by atoms with van der Waals surface area (Å²) in [5.41, 5.74) is 10.1. The van der Waals surface area contributed by atoms with E-state index in [2.05, 4.69) is 15.4 Å². The van der Waals surface area contributed by atoms with Crippen LogP contribution >= 0.6 is 0 Å². The van der Waals surface area contributed by atoms with Gasteiger partial charge in [-0.25, -0.2) is 10.8 Å². The van der Waals surface area contributed by atoms with E-state index in [1.54, 1.807) is 37.3 Å². The van der Waals surface area contributed by atoms with Crippen LogP contribution in [0.4, 0.5) is 17.5 Å². The number of nitrogens with zero attached hydrogens (tertiary/aromatic N) is 3. The van der Waals surface area contributed by atoms with Crippen LogP contribution in [0.1, 0.15) is 6.92 Å². The highest BCUT2D eigenvalue weighted by Crippen LogP contribution is 2.34. The van der Waals surface area contributed by atoms with Gasteiger partial charge in [-0.2, -0.15) is 4.98 Å². The first-order valence-electron chi connectivity index (χ1n) is 7.49. The highest BCUT2D eigenvalue weighted by molar-refractivity contribution is 5.93. The molecule has 128 valence electrons. The SMILES string of the molecule is CCOc1ccc(-c2ccc3nc(N)nc(NN)c3c2)cc1[N+](=O)[O-]. The molecule has 0 atom stereocenters. The first-order valence-corrected chi connectivity index (χ1v) is 7.49. The van der Waals surface area contributed by atoms with Gasteiger partial charge in [-0.05, 0) is 36.2 Å². The first kappa shape index (κ1) is 16.4. The minimum atomic E-state index is -0.466. The van der Waals surface area contributed by atoms with Crippen molar-refractivity contribution in [3.8, 4) is 16.9 Å². The number of aromatic nitrogens is 2. The molecule has 0 radical (unpaired) electrons. The van der Waals surface area contributed by atoms with Gasteiger partial charge < -0.3 is 15.9 Å². The Balaban J connectivity index is 2.14. The number of benzene rings is 2. The lowest BCUT2D eigenvalue weighted by Crippen LogP contribution is -2.11. The third-order valence-electron chi connectivity index (χ3n) is 3.64. The van der Waals surface area contributed by atoms with Gasteiger partial charge in [0.25, 0.3) is 0 Å². The van der Waals surface area contributed by atoms with E-state index in [9.17, 15) is 10.1 Å². The van der Waals surface area contributed by atoms with E-state index >= 15 is 0 Å². The highest BCUT2D eigenvalue weighted by atomic mass is 16.6. The Morgan fingerprint density at radius 2 is 1.92 bits per heavy atom. The largest absolute Gasteiger partial charge is 0.487 e. The van der Waals surface area contributed by atoms with Crippen LogP contribution in [0, 0.1) is 10.1 Å². The number of anilines is 2. The molecule has 5 N–H and O–H groups in total. The number of fused-ring (bicyclic) bond motifs is 1. The van der Waals surface area contributed by atoms with Gasteiger partial charge in [-0.1, -0.05) is 12.1 Å². The van der Waals surface area contributed by atoms with Crippen molar-refractivity contribution in [2.75, 3.05) is 17.8 Å². The number of hydrogen-bond donors (Lipinski definition) is 3. The molecule has 0 aliphatic heterocycles. The molecular formula is C16H16N6O3. The second-order valence-corrected chi connectivity index (χ2v) is 5.18. The van der Waals surface area contributed by atoms with Gasteiger partial charge in [0.15, 0.2) is 11.6 Å². The molecule has 3 rings (SSSR count). The number of nitrogens with one attached hydrogen (secondary N) is 1. The Morgan fingerprint density at radius 1 is 1.20 bits per heavy atom. The Bertz CT molecular complexity index is 960. The third kappa shape index (κ3) is 3.12. The lowest BCUT2D eigenvalue weighted by Gasteiger charge is -2.09. The van der Waals surface area contributed by atoms with Crippen LogP contribution in [-0.4, -0.2) is 21.5 Å². The molecule has 1 aromatic heterocycles. The molecule has 0 amide bonds. The van der Waals surface area contributed by atoms with Crippen LogP contribution in [0.15, 0.2) is 36.4 Å². The molecule has 0 unspecified atom stereocenters. The summed E-state index contributed by atoms with van der Waals surface area (Å²) in [6.07, 6.45) is 0. The van der Waals surface area contributed by atoms with E-state index in [0.717, 1.165) is 5.56 Å². The summed E-state index contributed by atoms with van der Waals surface area (Å²) in [7, 11) is 0. The van der Waals surface area contributed by atoms with Crippen LogP contribution in [0.3, 0.4) is 0 Å². The first-order chi connectivity index (χ1) is 12.0. The van der Waals surface area contributed by atoms with E-state index in [1.165, 1.54) is 6.07 Å². The van der Waals surface area contributed by atoms with Gasteiger partial charge in [0.2, 0.25) is 5.95 Å². The fourth-order valence-corrected chi connectivity index (χ4v) is 2.55. The number of nitro benzene ring substituents is 1. The Labute approximate surface area is 142 Å². The lowest BCUT2D eigenvalue weighted by molar-refractivity contribution is -0.385. The Hall–Kier alpha value is -3.46. The molecule has 0 fully saturated rings. The van der Waals surface area contributed by atoms with E-state index in [1.807, 2.05) is 0 Å². The maximum absolute atomic E-state index is 11.3. The maximum atomic E-state index is 11.3. The summed E-state index contributed by atoms with van der Waals surface area (Å²) in [6.45, 7) is 2.12. The standard InChI is InChI=1S/C16H16N6O3/c1-2-25-14-6-4-10(8-13(14)22(23)24)9-3-5-12-11(7-9)15(21-18)20-16(17)19-12/h3-8H,2,18H2,1H3,(H3,17,19,20,21). The van der Waals surface area contributed by atoms with Gasteiger partial charge in [0.1, 0.15) is 0 Å². The molecule has 9 heteroatoms. The molecule has 9 nitrogen and oxygen atoms in total. The fraction of sp³-hybridized carbons (Fsp3) is 0.125. The van der Waals surface area contributed by atoms with Crippen LogP contribution in [0.25, 0.3) is 22.0 Å². The van der Waals surface area contributed by atoms with Gasteiger partial charge in [-0.15, -0.1) is 0 Å². The van der Waals surface area contributed by atoms with E-state index < -0.39 is 4.92 Å². The van der Waals surface area contributed by atoms with Gasteiger partial charge in [0, 0.05) is 11.5 Å². The van der Waals surface area contributed by atoms with Crippen LogP contribution in [-0.2, 0) is 0 Å². The van der Waals surface area contributed by atoms with Gasteiger partial charge >= 0.3 is 5.69 Å². The number of ether oxygens (including phenoxy) is 1. The molecule has 0 saturated carbocycles. The summed E-state index contributed by atoms with van der Waals surface area (Å²) in [6, 6.07) is 10.2. The minimum absolute atomic E-state index is 0.0924. The molecule has 1 heterocycles. The number of rotatable bonds is 5. The van der Waals surface area contributed by atoms with Crippen molar-refractivity contribution in [3.05, 3.63) is 46.5 Å².